The molecule has 7 nitrogen and oxygen atoms in total. The Balaban J connectivity index is 1.75. The highest BCUT2D eigenvalue weighted by Gasteiger charge is 2.23. The Morgan fingerprint density at radius 3 is 2.31 bits per heavy atom. The average molecular weight is 436 g/mol. The zero-order valence-corrected chi connectivity index (χ0v) is 19.1. The van der Waals surface area contributed by atoms with Gasteiger partial charge in [0.2, 0.25) is 0 Å². The van der Waals surface area contributed by atoms with Crippen LogP contribution in [-0.4, -0.2) is 40.0 Å². The topological polar surface area (TPSA) is 80.6 Å². The number of nitrogens with one attached hydrogen (secondary N) is 1. The van der Waals surface area contributed by atoms with Gasteiger partial charge >= 0.3 is 0 Å². The number of fused-ring (bicyclic) bond motifs is 1. The molecule has 3 rings (SSSR count). The fraction of sp³-hybridized carbons (Fsp3) is 0.320. The summed E-state index contributed by atoms with van der Waals surface area (Å²) in [5.41, 5.74) is -0.0283. The van der Waals surface area contributed by atoms with E-state index in [0.717, 1.165) is 10.8 Å². The lowest BCUT2D eigenvalue weighted by atomic mass is 10.1. The average Bonchev–Trinajstić information content (AvgIpc) is 2.74. The van der Waals surface area contributed by atoms with Crippen LogP contribution in [0.1, 0.15) is 38.1 Å². The minimum Gasteiger partial charge on any atom is -0.484 e. The molecule has 0 radical (unpaired) electrons. The van der Waals surface area contributed by atoms with Crippen LogP contribution in [0.25, 0.3) is 10.8 Å². The van der Waals surface area contributed by atoms with Gasteiger partial charge in [0.05, 0.1) is 5.56 Å². The van der Waals surface area contributed by atoms with Gasteiger partial charge in [0, 0.05) is 25.3 Å². The van der Waals surface area contributed by atoms with Crippen molar-refractivity contribution in [2.75, 3.05) is 11.9 Å². The van der Waals surface area contributed by atoms with Crippen molar-refractivity contribution in [2.45, 2.75) is 39.8 Å². The van der Waals surface area contributed by atoms with Gasteiger partial charge < -0.3 is 19.5 Å². The van der Waals surface area contributed by atoms with Gasteiger partial charge in [-0.2, -0.15) is 0 Å². The Kier molecular flexibility index (Phi) is 6.98. The number of amides is 2. The predicted octanol–water partition coefficient (Wildman–Crippen LogP) is 3.82. The first-order valence-electron chi connectivity index (χ1n) is 10.6. The molecule has 1 aromatic heterocycles. The number of rotatable bonds is 7. The Hall–Kier alpha value is -3.61. The maximum atomic E-state index is 13.0. The molecule has 2 aromatic carbocycles. The molecule has 32 heavy (non-hydrogen) atoms. The standard InChI is InChI=1S/C25H29N3O4/c1-16(2)28(17(3)4)24(30)20-13-22(25(31)27(5)14-20)26-23(29)15-32-21-11-10-18-8-6-7-9-19(18)12-21/h6-14,16-17H,15H2,1-5H3,(H,26,29). The third kappa shape index (κ3) is 5.17. The molecule has 0 unspecified atom stereocenters. The van der Waals surface area contributed by atoms with Gasteiger partial charge in [-0.15, -0.1) is 0 Å². The second-order valence-corrected chi connectivity index (χ2v) is 8.30. The van der Waals surface area contributed by atoms with Crippen LogP contribution >= 0.6 is 0 Å². The predicted molar refractivity (Wildman–Crippen MR) is 126 cm³/mol. The molecule has 0 aliphatic rings. The van der Waals surface area contributed by atoms with Gasteiger partial charge in [0.15, 0.2) is 6.61 Å². The smallest absolute Gasteiger partial charge is 0.274 e. The molecule has 0 spiro atoms. The van der Waals surface area contributed by atoms with Crippen molar-refractivity contribution >= 4 is 28.3 Å². The summed E-state index contributed by atoms with van der Waals surface area (Å²) < 4.78 is 6.90. The lowest BCUT2D eigenvalue weighted by Gasteiger charge is -2.31. The molecular weight excluding hydrogens is 406 g/mol. The van der Waals surface area contributed by atoms with Crippen molar-refractivity contribution in [3.8, 4) is 5.75 Å². The number of ether oxygens (including phenoxy) is 1. The number of aromatic nitrogens is 1. The van der Waals surface area contributed by atoms with Crippen molar-refractivity contribution < 1.29 is 14.3 Å². The molecule has 0 saturated heterocycles. The van der Waals surface area contributed by atoms with Gasteiger partial charge in [-0.1, -0.05) is 30.3 Å². The molecule has 1 N–H and O–H groups in total. The summed E-state index contributed by atoms with van der Waals surface area (Å²) in [4.78, 5) is 39.7. The fourth-order valence-electron chi connectivity index (χ4n) is 3.72. The first-order valence-corrected chi connectivity index (χ1v) is 10.6. The van der Waals surface area contributed by atoms with Crippen molar-refractivity contribution in [2.24, 2.45) is 7.05 Å². The minimum absolute atomic E-state index is 0.00636. The highest BCUT2D eigenvalue weighted by atomic mass is 16.5. The summed E-state index contributed by atoms with van der Waals surface area (Å²) in [5.74, 6) is -0.127. The Morgan fingerprint density at radius 1 is 1.00 bits per heavy atom. The largest absolute Gasteiger partial charge is 0.484 e. The molecule has 2 amide bonds. The second kappa shape index (κ2) is 9.68. The molecule has 1 heterocycles. The second-order valence-electron chi connectivity index (χ2n) is 8.30. The summed E-state index contributed by atoms with van der Waals surface area (Å²) >= 11 is 0. The number of nitrogens with zero attached hydrogens (tertiary/aromatic N) is 2. The van der Waals surface area contributed by atoms with Crippen molar-refractivity contribution in [3.63, 3.8) is 0 Å². The summed E-state index contributed by atoms with van der Waals surface area (Å²) in [5, 5.41) is 4.66. The first-order chi connectivity index (χ1) is 15.2. The highest BCUT2D eigenvalue weighted by Crippen LogP contribution is 2.20. The van der Waals surface area contributed by atoms with Gasteiger partial charge in [-0.05, 0) is 56.7 Å². The molecule has 0 saturated carbocycles. The van der Waals surface area contributed by atoms with E-state index in [0.29, 0.717) is 11.3 Å². The van der Waals surface area contributed by atoms with Crippen molar-refractivity contribution in [1.29, 1.82) is 0 Å². The van der Waals surface area contributed by atoms with Crippen LogP contribution in [-0.2, 0) is 11.8 Å². The molecule has 0 atom stereocenters. The minimum atomic E-state index is -0.482. The normalized spacial score (nSPS) is 11.1. The van der Waals surface area contributed by atoms with Crippen LogP contribution in [0.4, 0.5) is 5.69 Å². The third-order valence-corrected chi connectivity index (χ3v) is 5.14. The number of hydrogen-bond acceptors (Lipinski definition) is 4. The molecule has 0 fully saturated rings. The maximum Gasteiger partial charge on any atom is 0.274 e. The number of pyridine rings is 1. The zero-order chi connectivity index (χ0) is 23.4. The first kappa shape index (κ1) is 23.1. The van der Waals surface area contributed by atoms with Gasteiger partial charge in [-0.25, -0.2) is 0 Å². The molecule has 7 heteroatoms. The van der Waals surface area contributed by atoms with E-state index in [1.54, 1.807) is 18.0 Å². The number of anilines is 1. The lowest BCUT2D eigenvalue weighted by molar-refractivity contribution is -0.118. The Bertz CT molecular complexity index is 1190. The van der Waals surface area contributed by atoms with E-state index in [4.69, 9.17) is 4.74 Å². The van der Waals surface area contributed by atoms with Crippen LogP contribution < -0.4 is 15.6 Å². The van der Waals surface area contributed by atoms with Gasteiger partial charge in [0.25, 0.3) is 17.4 Å². The van der Waals surface area contributed by atoms with Crippen LogP contribution in [0.15, 0.2) is 59.5 Å². The molecule has 0 aliphatic heterocycles. The van der Waals surface area contributed by atoms with E-state index in [1.165, 1.54) is 16.8 Å². The van der Waals surface area contributed by atoms with E-state index >= 15 is 0 Å². The van der Waals surface area contributed by atoms with Crippen molar-refractivity contribution in [1.82, 2.24) is 9.47 Å². The van der Waals surface area contributed by atoms with Crippen LogP contribution in [0, 0.1) is 0 Å². The van der Waals surface area contributed by atoms with Crippen LogP contribution in [0.3, 0.4) is 0 Å². The van der Waals surface area contributed by atoms with Crippen molar-refractivity contribution in [3.05, 3.63) is 70.6 Å². The summed E-state index contributed by atoms with van der Waals surface area (Å²) in [7, 11) is 1.55. The third-order valence-electron chi connectivity index (χ3n) is 5.14. The van der Waals surface area contributed by atoms with Crippen LogP contribution in [0.2, 0.25) is 0 Å². The van der Waals surface area contributed by atoms with Gasteiger partial charge in [-0.3, -0.25) is 14.4 Å². The summed E-state index contributed by atoms with van der Waals surface area (Å²) in [6.45, 7) is 7.49. The van der Waals surface area contributed by atoms with E-state index in [1.807, 2.05) is 64.1 Å². The van der Waals surface area contributed by atoms with E-state index in [-0.39, 0.29) is 30.3 Å². The lowest BCUT2D eigenvalue weighted by Crippen LogP contribution is -2.42. The Labute approximate surface area is 187 Å². The van der Waals surface area contributed by atoms with E-state index in [9.17, 15) is 14.4 Å². The fourth-order valence-corrected chi connectivity index (χ4v) is 3.72. The molecule has 0 bridgehead atoms. The number of carbonyl (C=O) groups is 2. The number of carbonyl (C=O) groups excluding carboxylic acids is 2. The Morgan fingerprint density at radius 2 is 1.66 bits per heavy atom. The monoisotopic (exact) mass is 435 g/mol. The zero-order valence-electron chi connectivity index (χ0n) is 19.1. The van der Waals surface area contributed by atoms with E-state index < -0.39 is 11.5 Å². The van der Waals surface area contributed by atoms with Crippen LogP contribution in [0.5, 0.6) is 5.75 Å². The number of hydrogen-bond donors (Lipinski definition) is 1. The summed E-state index contributed by atoms with van der Waals surface area (Å²) in [6, 6.07) is 14.8. The maximum absolute atomic E-state index is 13.0. The molecule has 0 aliphatic carbocycles. The summed E-state index contributed by atoms with van der Waals surface area (Å²) in [6.07, 6.45) is 1.49. The highest BCUT2D eigenvalue weighted by molar-refractivity contribution is 5.97. The number of benzene rings is 2. The SMILES string of the molecule is CC(C)N(C(=O)c1cc(NC(=O)COc2ccc3ccccc3c2)c(=O)n(C)c1)C(C)C. The molecule has 168 valence electrons. The van der Waals surface area contributed by atoms with E-state index in [2.05, 4.69) is 5.32 Å². The van der Waals surface area contributed by atoms with Gasteiger partial charge in [0.1, 0.15) is 11.4 Å². The number of aryl methyl sites for hydroxylation is 1. The molecular formula is C25H29N3O4. The molecule has 3 aromatic rings. The quantitative estimate of drug-likeness (QED) is 0.612.